The molecule has 1 unspecified atom stereocenters. The van der Waals surface area contributed by atoms with Gasteiger partial charge in [-0.3, -0.25) is 9.59 Å². The predicted molar refractivity (Wildman–Crippen MR) is 95.3 cm³/mol. The molecule has 27 heavy (non-hydrogen) atoms. The van der Waals surface area contributed by atoms with Gasteiger partial charge in [-0.05, 0) is 25.1 Å². The van der Waals surface area contributed by atoms with Crippen LogP contribution in [0.2, 0.25) is 0 Å². The number of carbonyl (C=O) groups excluding carboxylic acids is 1. The van der Waals surface area contributed by atoms with Crippen molar-refractivity contribution in [3.05, 3.63) is 40.1 Å². The zero-order valence-electron chi connectivity index (χ0n) is 14.3. The van der Waals surface area contributed by atoms with E-state index < -0.39 is 40.1 Å². The molecule has 0 bridgehead atoms. The number of rotatable bonds is 3. The Hall–Kier alpha value is -3.68. The van der Waals surface area contributed by atoms with Crippen molar-refractivity contribution in [3.8, 4) is 40.1 Å². The minimum atomic E-state index is -0.978. The van der Waals surface area contributed by atoms with E-state index in [-0.39, 0.29) is 33.6 Å². The van der Waals surface area contributed by atoms with Gasteiger partial charge in [-0.1, -0.05) is 6.92 Å². The third-order valence-electron chi connectivity index (χ3n) is 4.43. The summed E-state index contributed by atoms with van der Waals surface area (Å²) in [6.07, 6.45) is 0. The summed E-state index contributed by atoms with van der Waals surface area (Å²) in [7, 11) is 0. The Kier molecular flexibility index (Phi) is 4.19. The van der Waals surface area contributed by atoms with E-state index in [1.165, 1.54) is 19.9 Å². The molecule has 0 spiro atoms. The monoisotopic (exact) mass is 372 g/mol. The topological polar surface area (TPSA) is 148 Å². The summed E-state index contributed by atoms with van der Waals surface area (Å²) in [6.45, 7) is 2.73. The highest BCUT2D eigenvalue weighted by Gasteiger charge is 2.26. The van der Waals surface area contributed by atoms with Crippen molar-refractivity contribution in [3.63, 3.8) is 0 Å². The van der Waals surface area contributed by atoms with Gasteiger partial charge >= 0.3 is 0 Å². The number of phenols is 4. The fraction of sp³-hybridized carbons (Fsp3) is 0.158. The molecule has 0 aliphatic carbocycles. The Morgan fingerprint density at radius 1 is 0.963 bits per heavy atom. The number of Topliss-reactive ketones (excluding diaryl/α,β-unsaturated/α-hetero) is 1. The van der Waals surface area contributed by atoms with Crippen LogP contribution in [0.1, 0.15) is 25.3 Å². The van der Waals surface area contributed by atoms with Crippen molar-refractivity contribution in [2.24, 2.45) is 0 Å². The summed E-state index contributed by atoms with van der Waals surface area (Å²) in [5.74, 6) is -4.39. The van der Waals surface area contributed by atoms with Crippen molar-refractivity contribution in [2.45, 2.75) is 19.8 Å². The van der Waals surface area contributed by atoms with Crippen LogP contribution < -0.4 is 5.43 Å². The average molecular weight is 372 g/mol. The van der Waals surface area contributed by atoms with E-state index in [1.807, 2.05) is 0 Å². The molecule has 0 saturated carbocycles. The number of hydrogen-bond acceptors (Lipinski definition) is 8. The third-order valence-corrected chi connectivity index (χ3v) is 4.43. The first-order valence-corrected chi connectivity index (χ1v) is 7.90. The van der Waals surface area contributed by atoms with Crippen molar-refractivity contribution >= 4 is 16.8 Å². The van der Waals surface area contributed by atoms with Gasteiger partial charge in [0.1, 0.15) is 28.3 Å². The Bertz CT molecular complexity index is 1140. The number of fused-ring (bicyclic) bond motifs is 1. The summed E-state index contributed by atoms with van der Waals surface area (Å²) >= 11 is 0. The molecule has 0 fully saturated rings. The van der Waals surface area contributed by atoms with Crippen LogP contribution in [0.3, 0.4) is 0 Å². The van der Waals surface area contributed by atoms with Crippen LogP contribution in [0.15, 0.2) is 33.5 Å². The van der Waals surface area contributed by atoms with Gasteiger partial charge in [-0.15, -0.1) is 0 Å². The summed E-state index contributed by atoms with van der Waals surface area (Å²) in [6, 6.07) is 4.57. The first kappa shape index (κ1) is 18.1. The zero-order valence-corrected chi connectivity index (χ0v) is 14.3. The lowest BCUT2D eigenvalue weighted by Gasteiger charge is -2.15. The smallest absolute Gasteiger partial charge is 0.238 e. The largest absolute Gasteiger partial charge is 0.507 e. The molecule has 8 nitrogen and oxygen atoms in total. The Balaban J connectivity index is 2.36. The SMILES string of the molecule is CC(=O)C(C)c1c(O)cc2oc(-c3ccc(O)c(O)c3)c(O)c(=O)c2c1O. The maximum Gasteiger partial charge on any atom is 0.238 e. The molecule has 1 heterocycles. The lowest BCUT2D eigenvalue weighted by molar-refractivity contribution is -0.118. The second-order valence-corrected chi connectivity index (χ2v) is 6.18. The molecule has 3 rings (SSSR count). The summed E-state index contributed by atoms with van der Waals surface area (Å²) in [5, 5.41) is 49.5. The number of hydrogen-bond donors (Lipinski definition) is 5. The van der Waals surface area contributed by atoms with Crippen LogP contribution in [0.4, 0.5) is 0 Å². The van der Waals surface area contributed by atoms with Crippen LogP contribution in [0, 0.1) is 0 Å². The Labute approximate surface area is 152 Å². The molecule has 2 aromatic carbocycles. The van der Waals surface area contributed by atoms with Gasteiger partial charge < -0.3 is 29.9 Å². The van der Waals surface area contributed by atoms with E-state index in [0.29, 0.717) is 0 Å². The predicted octanol–water partition coefficient (Wildman–Crippen LogP) is 2.68. The molecular formula is C19H16O8. The van der Waals surface area contributed by atoms with Gasteiger partial charge in [0.05, 0.1) is 0 Å². The fourth-order valence-electron chi connectivity index (χ4n) is 2.82. The first-order valence-electron chi connectivity index (χ1n) is 7.90. The maximum absolute atomic E-state index is 12.6. The highest BCUT2D eigenvalue weighted by molar-refractivity contribution is 5.93. The molecule has 1 atom stereocenters. The van der Waals surface area contributed by atoms with E-state index >= 15 is 0 Å². The van der Waals surface area contributed by atoms with Crippen LogP contribution in [0.25, 0.3) is 22.3 Å². The summed E-state index contributed by atoms with van der Waals surface area (Å²) in [5.41, 5.74) is -1.26. The number of carbonyl (C=O) groups is 1. The third kappa shape index (κ3) is 2.80. The molecule has 1 aromatic heterocycles. The summed E-state index contributed by atoms with van der Waals surface area (Å²) in [4.78, 5) is 24.2. The molecule has 140 valence electrons. The lowest BCUT2D eigenvalue weighted by Crippen LogP contribution is -2.08. The molecule has 8 heteroatoms. The van der Waals surface area contributed by atoms with E-state index in [2.05, 4.69) is 0 Å². The Morgan fingerprint density at radius 3 is 2.22 bits per heavy atom. The number of phenolic OH excluding ortho intramolecular Hbond substituents is 4. The highest BCUT2D eigenvalue weighted by Crippen LogP contribution is 2.42. The average Bonchev–Trinajstić information content (AvgIpc) is 2.60. The quantitative estimate of drug-likeness (QED) is 0.441. The molecule has 0 saturated heterocycles. The lowest BCUT2D eigenvalue weighted by atomic mass is 9.93. The maximum atomic E-state index is 12.6. The molecule has 3 aromatic rings. The minimum absolute atomic E-state index is 0.0851. The van der Waals surface area contributed by atoms with Crippen LogP contribution in [0.5, 0.6) is 28.7 Å². The van der Waals surface area contributed by atoms with E-state index in [1.54, 1.807) is 0 Å². The molecule has 5 N–H and O–H groups in total. The van der Waals surface area contributed by atoms with Gasteiger partial charge in [-0.25, -0.2) is 0 Å². The number of benzene rings is 2. The molecule has 0 aliphatic rings. The van der Waals surface area contributed by atoms with Gasteiger partial charge in [0.2, 0.25) is 11.2 Å². The molecule has 0 amide bonds. The van der Waals surface area contributed by atoms with Crippen molar-refractivity contribution in [1.29, 1.82) is 0 Å². The number of ketones is 1. The van der Waals surface area contributed by atoms with Crippen LogP contribution in [-0.2, 0) is 4.79 Å². The van der Waals surface area contributed by atoms with Crippen LogP contribution in [-0.4, -0.2) is 31.3 Å². The number of aromatic hydroxyl groups is 5. The van der Waals surface area contributed by atoms with Crippen LogP contribution >= 0.6 is 0 Å². The molecule has 0 aliphatic heterocycles. The molecule has 0 radical (unpaired) electrons. The Morgan fingerprint density at radius 2 is 1.63 bits per heavy atom. The van der Waals surface area contributed by atoms with Gasteiger partial charge in [0.25, 0.3) is 0 Å². The normalized spacial score (nSPS) is 12.2. The van der Waals surface area contributed by atoms with E-state index in [4.69, 9.17) is 4.42 Å². The second-order valence-electron chi connectivity index (χ2n) is 6.18. The summed E-state index contributed by atoms with van der Waals surface area (Å²) < 4.78 is 5.46. The highest BCUT2D eigenvalue weighted by atomic mass is 16.4. The van der Waals surface area contributed by atoms with Gasteiger partial charge in [0.15, 0.2) is 17.3 Å². The van der Waals surface area contributed by atoms with Gasteiger partial charge in [0, 0.05) is 23.1 Å². The van der Waals surface area contributed by atoms with Crippen molar-refractivity contribution in [1.82, 2.24) is 0 Å². The van der Waals surface area contributed by atoms with Gasteiger partial charge in [-0.2, -0.15) is 0 Å². The standard InChI is InChI=1S/C19H16O8/c1-7(8(2)20)14-12(23)6-13-15(16(14)24)17(25)18(26)19(27-13)9-3-4-10(21)11(22)5-9/h3-7,21-24,26H,1-2H3. The zero-order chi connectivity index (χ0) is 20.0. The minimum Gasteiger partial charge on any atom is -0.507 e. The van der Waals surface area contributed by atoms with E-state index in [9.17, 15) is 35.1 Å². The molecular weight excluding hydrogens is 356 g/mol. The second kappa shape index (κ2) is 6.24. The van der Waals surface area contributed by atoms with E-state index in [0.717, 1.165) is 18.2 Å². The van der Waals surface area contributed by atoms with Crippen molar-refractivity contribution in [2.75, 3.05) is 0 Å². The first-order chi connectivity index (χ1) is 12.6. The fourth-order valence-corrected chi connectivity index (χ4v) is 2.82. The van der Waals surface area contributed by atoms with Crippen molar-refractivity contribution < 1.29 is 34.7 Å².